The topological polar surface area (TPSA) is 57.4 Å². The molecule has 50 heavy (non-hydrogen) atoms. The molecule has 0 saturated carbocycles. The van der Waals surface area contributed by atoms with Gasteiger partial charge in [-0.2, -0.15) is 10.5 Å². The van der Waals surface area contributed by atoms with Crippen molar-refractivity contribution in [3.05, 3.63) is 145 Å². The summed E-state index contributed by atoms with van der Waals surface area (Å²) in [5.74, 6) is 0. The number of aromatic nitrogens is 2. The van der Waals surface area contributed by atoms with Gasteiger partial charge in [0.15, 0.2) is 0 Å². The van der Waals surface area contributed by atoms with Gasteiger partial charge >= 0.3 is 0 Å². The fourth-order valence-electron chi connectivity index (χ4n) is 8.14. The van der Waals surface area contributed by atoms with E-state index in [0.29, 0.717) is 16.8 Å². The van der Waals surface area contributed by atoms with Crippen molar-refractivity contribution in [2.24, 2.45) is 0 Å². The number of fused-ring (bicyclic) bond motifs is 14. The van der Waals surface area contributed by atoms with Crippen molar-refractivity contribution in [3.63, 3.8) is 0 Å². The van der Waals surface area contributed by atoms with Crippen LogP contribution in [-0.2, 0) is 0 Å². The lowest BCUT2D eigenvalue weighted by Crippen LogP contribution is -2.06. The molecule has 11 rings (SSSR count). The summed E-state index contributed by atoms with van der Waals surface area (Å²) in [5, 5.41) is 31.3. The second kappa shape index (κ2) is 10.0. The summed E-state index contributed by atoms with van der Waals surface area (Å²) in [6.45, 7) is 0. The van der Waals surface area contributed by atoms with E-state index in [1.165, 1.54) is 35.6 Å². The average Bonchev–Trinajstić information content (AvgIpc) is 3.92. The maximum absolute atomic E-state index is 11.3. The van der Waals surface area contributed by atoms with Gasteiger partial charge in [-0.1, -0.05) is 97.1 Å². The van der Waals surface area contributed by atoms with Crippen molar-refractivity contribution in [1.29, 1.82) is 10.5 Å². The smallest absolute Gasteiger partial charge is 0.104 e. The van der Waals surface area contributed by atoms with Crippen molar-refractivity contribution in [2.45, 2.75) is 0 Å². The van der Waals surface area contributed by atoms with Crippen molar-refractivity contribution >= 4 is 107 Å². The lowest BCUT2D eigenvalue weighted by atomic mass is 10.0. The summed E-state index contributed by atoms with van der Waals surface area (Å²) < 4.78 is 9.20. The Bertz CT molecular complexity index is 3360. The standard InChI is InChI=1S/C44H22N4S2/c45-23-25-17-22-37(47-35-13-5-1-9-26(35)30-18-20-32-28-11-3-7-15-38(28)49-43(32)41(30)47)34(24-46)40(25)48-36-14-6-2-10-27(36)31-19-21-33-29-12-4-8-16-39(29)50-44(33)42(31)48/h1-22H. The van der Waals surface area contributed by atoms with E-state index in [4.69, 9.17) is 0 Å². The molecule has 0 bridgehead atoms. The van der Waals surface area contributed by atoms with Crippen molar-refractivity contribution < 1.29 is 0 Å². The van der Waals surface area contributed by atoms with Gasteiger partial charge < -0.3 is 9.13 Å². The highest BCUT2D eigenvalue weighted by Gasteiger charge is 2.26. The number of hydrogen-bond donors (Lipinski definition) is 0. The lowest BCUT2D eigenvalue weighted by Gasteiger charge is -2.17. The van der Waals surface area contributed by atoms with E-state index >= 15 is 0 Å². The van der Waals surface area contributed by atoms with Gasteiger partial charge in [0.25, 0.3) is 0 Å². The molecule has 0 saturated heterocycles. The Hall–Kier alpha value is -6.44. The molecule has 4 nitrogen and oxygen atoms in total. The number of nitriles is 2. The number of benzene rings is 7. The van der Waals surface area contributed by atoms with Crippen molar-refractivity contribution in [3.8, 4) is 23.5 Å². The molecule has 0 N–H and O–H groups in total. The first-order chi connectivity index (χ1) is 24.7. The third kappa shape index (κ3) is 3.46. The van der Waals surface area contributed by atoms with Crippen LogP contribution in [0.4, 0.5) is 0 Å². The van der Waals surface area contributed by atoms with E-state index in [-0.39, 0.29) is 0 Å². The largest absolute Gasteiger partial charge is 0.306 e. The molecule has 0 aliphatic heterocycles. The molecule has 4 heterocycles. The molecule has 0 unspecified atom stereocenters. The molecular formula is C44H22N4S2. The quantitative estimate of drug-likeness (QED) is 0.184. The molecule has 0 atom stereocenters. The molecule has 0 spiro atoms. The lowest BCUT2D eigenvalue weighted by molar-refractivity contribution is 1.11. The van der Waals surface area contributed by atoms with Crippen LogP contribution in [0, 0.1) is 22.7 Å². The van der Waals surface area contributed by atoms with Crippen LogP contribution < -0.4 is 0 Å². The molecule has 230 valence electrons. The van der Waals surface area contributed by atoms with E-state index in [1.807, 2.05) is 18.2 Å². The van der Waals surface area contributed by atoms with E-state index in [1.54, 1.807) is 22.7 Å². The summed E-state index contributed by atoms with van der Waals surface area (Å²) in [6, 6.07) is 51.6. The molecule has 6 heteroatoms. The van der Waals surface area contributed by atoms with Crippen LogP contribution in [-0.4, -0.2) is 9.13 Å². The Morgan fingerprint density at radius 1 is 0.420 bits per heavy atom. The minimum absolute atomic E-state index is 0.457. The monoisotopic (exact) mass is 670 g/mol. The first-order valence-corrected chi connectivity index (χ1v) is 18.0. The number of para-hydroxylation sites is 2. The molecule has 11 aromatic rings. The van der Waals surface area contributed by atoms with Crippen LogP contribution in [0.25, 0.3) is 95.3 Å². The van der Waals surface area contributed by atoms with Crippen LogP contribution in [0.3, 0.4) is 0 Å². The first-order valence-electron chi connectivity index (χ1n) is 16.4. The Kier molecular flexibility index (Phi) is 5.52. The second-order valence-electron chi connectivity index (χ2n) is 12.7. The molecule has 0 aliphatic carbocycles. The summed E-state index contributed by atoms with van der Waals surface area (Å²) in [4.78, 5) is 0. The summed E-state index contributed by atoms with van der Waals surface area (Å²) in [5.41, 5.74) is 6.37. The Labute approximate surface area is 293 Å². The van der Waals surface area contributed by atoms with Crippen LogP contribution in [0.5, 0.6) is 0 Å². The van der Waals surface area contributed by atoms with Gasteiger partial charge in [0.2, 0.25) is 0 Å². The van der Waals surface area contributed by atoms with E-state index in [2.05, 4.69) is 137 Å². The fraction of sp³-hybridized carbons (Fsp3) is 0. The predicted octanol–water partition coefficient (Wildman–Crippen LogP) is 12.4. The average molecular weight is 671 g/mol. The summed E-state index contributed by atoms with van der Waals surface area (Å²) in [7, 11) is 0. The molecule has 0 aliphatic rings. The minimum atomic E-state index is 0.457. The second-order valence-corrected chi connectivity index (χ2v) is 14.8. The highest BCUT2D eigenvalue weighted by molar-refractivity contribution is 7.27. The highest BCUT2D eigenvalue weighted by Crippen LogP contribution is 2.46. The number of hydrogen-bond acceptors (Lipinski definition) is 4. The van der Waals surface area contributed by atoms with Gasteiger partial charge in [-0.15, -0.1) is 22.7 Å². The maximum atomic E-state index is 11.3. The number of nitrogens with zero attached hydrogens (tertiary/aromatic N) is 4. The SMILES string of the molecule is N#Cc1ccc(-n2c3ccccc3c3ccc4c5ccccc5sc4c32)c(C#N)c1-n1c2ccccc2c2ccc3c4ccccc4sc3c21. The number of thiophene rings is 2. The molecule has 0 amide bonds. The van der Waals surface area contributed by atoms with Gasteiger partial charge in [0.1, 0.15) is 17.7 Å². The molecule has 0 fully saturated rings. The van der Waals surface area contributed by atoms with Gasteiger partial charge in [-0.3, -0.25) is 0 Å². The van der Waals surface area contributed by atoms with E-state index in [0.717, 1.165) is 54.0 Å². The molecule has 7 aromatic carbocycles. The van der Waals surface area contributed by atoms with Crippen LogP contribution >= 0.6 is 22.7 Å². The fourth-order valence-corrected chi connectivity index (χ4v) is 10.6. The van der Waals surface area contributed by atoms with Crippen LogP contribution in [0.2, 0.25) is 0 Å². The van der Waals surface area contributed by atoms with E-state index < -0.39 is 0 Å². The first kappa shape index (κ1) is 27.5. The number of rotatable bonds is 2. The zero-order chi connectivity index (χ0) is 33.1. The maximum Gasteiger partial charge on any atom is 0.104 e. The molecule has 0 radical (unpaired) electrons. The Balaban J connectivity index is 1.34. The van der Waals surface area contributed by atoms with Gasteiger partial charge in [0.05, 0.1) is 48.4 Å². The van der Waals surface area contributed by atoms with Crippen molar-refractivity contribution in [2.75, 3.05) is 0 Å². The summed E-state index contributed by atoms with van der Waals surface area (Å²) >= 11 is 3.55. The zero-order valence-corrected chi connectivity index (χ0v) is 27.9. The molecular weight excluding hydrogens is 649 g/mol. The molecule has 4 aromatic heterocycles. The minimum Gasteiger partial charge on any atom is -0.306 e. The van der Waals surface area contributed by atoms with Gasteiger partial charge in [0, 0.05) is 52.5 Å². The van der Waals surface area contributed by atoms with Crippen LogP contribution in [0.15, 0.2) is 133 Å². The normalized spacial score (nSPS) is 12.0. The third-order valence-electron chi connectivity index (χ3n) is 10.2. The zero-order valence-electron chi connectivity index (χ0n) is 26.3. The highest BCUT2D eigenvalue weighted by atomic mass is 32.1. The van der Waals surface area contributed by atoms with Gasteiger partial charge in [-0.25, -0.2) is 0 Å². The van der Waals surface area contributed by atoms with Gasteiger partial charge in [-0.05, 0) is 36.4 Å². The van der Waals surface area contributed by atoms with Crippen molar-refractivity contribution in [1.82, 2.24) is 9.13 Å². The predicted molar refractivity (Wildman–Crippen MR) is 210 cm³/mol. The Morgan fingerprint density at radius 2 is 0.900 bits per heavy atom. The van der Waals surface area contributed by atoms with E-state index in [9.17, 15) is 10.5 Å². The third-order valence-corrected chi connectivity index (χ3v) is 12.6. The summed E-state index contributed by atoms with van der Waals surface area (Å²) in [6.07, 6.45) is 0. The Morgan fingerprint density at radius 3 is 1.46 bits per heavy atom. The van der Waals surface area contributed by atoms with Crippen LogP contribution in [0.1, 0.15) is 11.1 Å².